The minimum absolute atomic E-state index is 0.165. The SMILES string of the molecule is Cc1ccc(-c2csc3nc(/C(Cl)=C/c4ccccc4)[nH]c(=O)c23)s1. The van der Waals surface area contributed by atoms with Crippen LogP contribution in [0.3, 0.4) is 0 Å². The normalized spacial score (nSPS) is 12.0. The highest BCUT2D eigenvalue weighted by Gasteiger charge is 2.15. The van der Waals surface area contributed by atoms with E-state index in [1.165, 1.54) is 16.2 Å². The lowest BCUT2D eigenvalue weighted by Crippen LogP contribution is -2.10. The van der Waals surface area contributed by atoms with Crippen LogP contribution in [0.1, 0.15) is 16.3 Å². The first kappa shape index (κ1) is 16.3. The molecule has 3 aromatic heterocycles. The van der Waals surface area contributed by atoms with Crippen molar-refractivity contribution in [2.24, 2.45) is 0 Å². The number of benzene rings is 1. The van der Waals surface area contributed by atoms with Crippen LogP contribution in [-0.4, -0.2) is 9.97 Å². The molecule has 0 aliphatic heterocycles. The zero-order valence-corrected chi connectivity index (χ0v) is 15.6. The number of nitrogens with zero attached hydrogens (tertiary/aromatic N) is 1. The molecule has 4 rings (SSSR count). The number of aromatic amines is 1. The lowest BCUT2D eigenvalue weighted by molar-refractivity contribution is 1.14. The van der Waals surface area contributed by atoms with Crippen LogP contribution in [-0.2, 0) is 0 Å². The number of aryl methyl sites for hydroxylation is 1. The van der Waals surface area contributed by atoms with Crippen LogP contribution in [0.2, 0.25) is 0 Å². The van der Waals surface area contributed by atoms with Crippen LogP contribution in [0.5, 0.6) is 0 Å². The number of nitrogens with one attached hydrogen (secondary N) is 1. The van der Waals surface area contributed by atoms with Gasteiger partial charge >= 0.3 is 0 Å². The Morgan fingerprint density at radius 1 is 1.20 bits per heavy atom. The first-order chi connectivity index (χ1) is 12.1. The zero-order valence-electron chi connectivity index (χ0n) is 13.2. The van der Waals surface area contributed by atoms with Crippen LogP contribution in [0.25, 0.3) is 31.8 Å². The number of fused-ring (bicyclic) bond motifs is 1. The number of hydrogen-bond acceptors (Lipinski definition) is 4. The summed E-state index contributed by atoms with van der Waals surface area (Å²) in [6.45, 7) is 2.05. The van der Waals surface area contributed by atoms with E-state index < -0.39 is 0 Å². The molecule has 3 heterocycles. The van der Waals surface area contributed by atoms with E-state index in [9.17, 15) is 4.79 Å². The third-order valence-electron chi connectivity index (χ3n) is 3.77. The molecule has 4 aromatic rings. The van der Waals surface area contributed by atoms with E-state index in [2.05, 4.69) is 23.0 Å². The lowest BCUT2D eigenvalue weighted by Gasteiger charge is -2.01. The number of H-pyrrole nitrogens is 1. The molecule has 0 aliphatic carbocycles. The minimum atomic E-state index is -0.165. The van der Waals surface area contributed by atoms with Crippen molar-refractivity contribution >= 4 is 55.6 Å². The van der Waals surface area contributed by atoms with Gasteiger partial charge in [-0.3, -0.25) is 4.79 Å². The van der Waals surface area contributed by atoms with E-state index in [0.29, 0.717) is 21.1 Å². The van der Waals surface area contributed by atoms with Gasteiger partial charge in [-0.1, -0.05) is 41.9 Å². The van der Waals surface area contributed by atoms with Gasteiger partial charge in [-0.15, -0.1) is 22.7 Å². The van der Waals surface area contributed by atoms with Crippen molar-refractivity contribution in [1.82, 2.24) is 9.97 Å². The predicted octanol–water partition coefficient (Wildman–Crippen LogP) is 5.76. The molecule has 1 N–H and O–H groups in total. The Kier molecular flexibility index (Phi) is 4.29. The maximum Gasteiger partial charge on any atom is 0.260 e. The van der Waals surface area contributed by atoms with Gasteiger partial charge in [0.2, 0.25) is 0 Å². The Bertz CT molecular complexity index is 1140. The molecule has 3 nitrogen and oxygen atoms in total. The summed E-state index contributed by atoms with van der Waals surface area (Å²) in [4.78, 5) is 23.0. The van der Waals surface area contributed by atoms with Crippen LogP contribution >= 0.6 is 34.3 Å². The van der Waals surface area contributed by atoms with Crippen molar-refractivity contribution in [3.8, 4) is 10.4 Å². The maximum atomic E-state index is 12.6. The molecule has 0 saturated heterocycles. The highest BCUT2D eigenvalue weighted by molar-refractivity contribution is 7.19. The van der Waals surface area contributed by atoms with Crippen LogP contribution < -0.4 is 5.56 Å². The van der Waals surface area contributed by atoms with Crippen molar-refractivity contribution in [1.29, 1.82) is 0 Å². The average Bonchev–Trinajstić information content (AvgIpc) is 3.22. The van der Waals surface area contributed by atoms with Gasteiger partial charge in [0, 0.05) is 20.7 Å². The van der Waals surface area contributed by atoms with Crippen molar-refractivity contribution in [3.63, 3.8) is 0 Å². The first-order valence-electron chi connectivity index (χ1n) is 7.63. The van der Waals surface area contributed by atoms with Gasteiger partial charge < -0.3 is 4.98 Å². The maximum absolute atomic E-state index is 12.6. The lowest BCUT2D eigenvalue weighted by atomic mass is 10.2. The molecule has 25 heavy (non-hydrogen) atoms. The summed E-state index contributed by atoms with van der Waals surface area (Å²) >= 11 is 9.51. The topological polar surface area (TPSA) is 45.8 Å². The van der Waals surface area contributed by atoms with Crippen LogP contribution in [0.4, 0.5) is 0 Å². The summed E-state index contributed by atoms with van der Waals surface area (Å²) in [6, 6.07) is 13.8. The van der Waals surface area contributed by atoms with Crippen molar-refractivity contribution in [3.05, 3.63) is 74.5 Å². The largest absolute Gasteiger partial charge is 0.305 e. The predicted molar refractivity (Wildman–Crippen MR) is 108 cm³/mol. The van der Waals surface area contributed by atoms with E-state index in [0.717, 1.165) is 16.0 Å². The Morgan fingerprint density at radius 2 is 2.00 bits per heavy atom. The molecule has 1 aromatic carbocycles. The summed E-state index contributed by atoms with van der Waals surface area (Å²) in [6.07, 6.45) is 1.79. The Labute approximate surface area is 157 Å². The number of aromatic nitrogens is 2. The molecule has 0 unspecified atom stereocenters. The summed E-state index contributed by atoms with van der Waals surface area (Å²) in [5.41, 5.74) is 1.72. The fraction of sp³-hybridized carbons (Fsp3) is 0.0526. The second-order valence-electron chi connectivity index (χ2n) is 5.56. The molecular formula is C19H13ClN2OS2. The second-order valence-corrected chi connectivity index (χ2v) is 8.11. The standard InChI is InChI=1S/C19H13ClN2OS2/c1-11-7-8-15(25-11)13-10-24-19-16(13)18(23)21-17(22-19)14(20)9-12-5-3-2-4-6-12/h2-10H,1H3,(H,21,22,23)/b14-9-. The Hall–Kier alpha value is -2.21. The third kappa shape index (κ3) is 3.18. The van der Waals surface area contributed by atoms with E-state index in [1.54, 1.807) is 17.4 Å². The van der Waals surface area contributed by atoms with E-state index >= 15 is 0 Å². The van der Waals surface area contributed by atoms with Crippen molar-refractivity contribution in [2.45, 2.75) is 6.92 Å². The van der Waals surface area contributed by atoms with Gasteiger partial charge in [0.1, 0.15) is 4.83 Å². The molecule has 124 valence electrons. The average molecular weight is 385 g/mol. The molecule has 0 saturated carbocycles. The molecule has 6 heteroatoms. The fourth-order valence-electron chi connectivity index (χ4n) is 2.59. The van der Waals surface area contributed by atoms with Crippen molar-refractivity contribution < 1.29 is 0 Å². The van der Waals surface area contributed by atoms with Gasteiger partial charge in [0.15, 0.2) is 5.82 Å². The Morgan fingerprint density at radius 3 is 2.72 bits per heavy atom. The van der Waals surface area contributed by atoms with Gasteiger partial charge in [-0.2, -0.15) is 0 Å². The van der Waals surface area contributed by atoms with Gasteiger partial charge in [-0.25, -0.2) is 4.98 Å². The third-order valence-corrected chi connectivity index (χ3v) is 5.96. The molecule has 0 amide bonds. The summed E-state index contributed by atoms with van der Waals surface area (Å²) < 4.78 is 0. The summed E-state index contributed by atoms with van der Waals surface area (Å²) in [5.74, 6) is 0.388. The highest BCUT2D eigenvalue weighted by Crippen LogP contribution is 2.35. The molecular weight excluding hydrogens is 372 g/mol. The Balaban J connectivity index is 1.81. The highest BCUT2D eigenvalue weighted by atomic mass is 35.5. The quantitative estimate of drug-likeness (QED) is 0.488. The molecule has 0 aliphatic rings. The fourth-order valence-corrected chi connectivity index (χ4v) is 4.71. The minimum Gasteiger partial charge on any atom is -0.305 e. The van der Waals surface area contributed by atoms with E-state index in [1.807, 2.05) is 41.8 Å². The number of thiophene rings is 2. The number of halogens is 1. The second kappa shape index (κ2) is 6.59. The molecule has 0 atom stereocenters. The first-order valence-corrected chi connectivity index (χ1v) is 9.70. The summed E-state index contributed by atoms with van der Waals surface area (Å²) in [5, 5.41) is 3.02. The van der Waals surface area contributed by atoms with Gasteiger partial charge in [0.25, 0.3) is 5.56 Å². The molecule has 0 bridgehead atoms. The summed E-state index contributed by atoms with van der Waals surface area (Å²) in [7, 11) is 0. The molecule has 0 spiro atoms. The van der Waals surface area contributed by atoms with Crippen LogP contribution in [0, 0.1) is 6.92 Å². The van der Waals surface area contributed by atoms with E-state index in [4.69, 9.17) is 11.6 Å². The molecule has 0 fully saturated rings. The van der Waals surface area contributed by atoms with Gasteiger partial charge in [0.05, 0.1) is 10.4 Å². The number of hydrogen-bond donors (Lipinski definition) is 1. The smallest absolute Gasteiger partial charge is 0.260 e. The monoisotopic (exact) mass is 384 g/mol. The number of rotatable bonds is 3. The van der Waals surface area contributed by atoms with Crippen molar-refractivity contribution in [2.75, 3.05) is 0 Å². The molecule has 0 radical (unpaired) electrons. The van der Waals surface area contributed by atoms with E-state index in [-0.39, 0.29) is 5.56 Å². The van der Waals surface area contributed by atoms with Crippen LogP contribution in [0.15, 0.2) is 52.6 Å². The zero-order chi connectivity index (χ0) is 17.4. The van der Waals surface area contributed by atoms with Gasteiger partial charge in [-0.05, 0) is 30.7 Å².